The van der Waals surface area contributed by atoms with Gasteiger partial charge in [0.15, 0.2) is 11.8 Å². The quantitative estimate of drug-likeness (QED) is 0.271. The molecule has 160 valence electrons. The summed E-state index contributed by atoms with van der Waals surface area (Å²) in [6, 6.07) is 18.3. The molecule has 0 aliphatic carbocycles. The van der Waals surface area contributed by atoms with Crippen LogP contribution in [0.1, 0.15) is 22.8 Å². The summed E-state index contributed by atoms with van der Waals surface area (Å²) in [7, 11) is 3.64. The summed E-state index contributed by atoms with van der Waals surface area (Å²) in [6.45, 7) is 3.87. The molecule has 2 N–H and O–H groups in total. The van der Waals surface area contributed by atoms with E-state index in [2.05, 4.69) is 45.1 Å². The Morgan fingerprint density at radius 3 is 2.37 bits per heavy atom. The lowest BCUT2D eigenvalue weighted by molar-refractivity contribution is 0.414. The maximum absolute atomic E-state index is 5.21. The van der Waals surface area contributed by atoms with Crippen molar-refractivity contribution in [2.75, 3.05) is 13.7 Å². The highest BCUT2D eigenvalue weighted by molar-refractivity contribution is 14.0. The molecule has 0 fully saturated rings. The highest BCUT2D eigenvalue weighted by atomic mass is 127. The van der Waals surface area contributed by atoms with Gasteiger partial charge in [0, 0.05) is 13.6 Å². The number of guanidine groups is 1. The van der Waals surface area contributed by atoms with E-state index in [-0.39, 0.29) is 24.0 Å². The standard InChI is InChI=1S/C22H28N6O.HI/c1-17-26-27-21(28(17)2)16-25-22(24-15-19-7-5-4-6-8-19)23-14-13-18-9-11-20(29-3)12-10-18;/h4-12H,13-16H2,1-3H3,(H2,23,24,25);1H. The SMILES string of the molecule is COc1ccc(CCNC(=NCc2ccccc2)NCc2nnc(C)n2C)cc1.I. The molecular weight excluding hydrogens is 491 g/mol. The lowest BCUT2D eigenvalue weighted by Crippen LogP contribution is -2.38. The molecule has 0 aliphatic rings. The van der Waals surface area contributed by atoms with Gasteiger partial charge in [-0.1, -0.05) is 42.5 Å². The molecule has 7 nitrogen and oxygen atoms in total. The maximum Gasteiger partial charge on any atom is 0.191 e. The van der Waals surface area contributed by atoms with Crippen molar-refractivity contribution in [2.24, 2.45) is 12.0 Å². The highest BCUT2D eigenvalue weighted by Crippen LogP contribution is 2.11. The number of benzene rings is 2. The fourth-order valence-electron chi connectivity index (χ4n) is 2.81. The smallest absolute Gasteiger partial charge is 0.191 e. The van der Waals surface area contributed by atoms with Gasteiger partial charge in [0.1, 0.15) is 11.6 Å². The van der Waals surface area contributed by atoms with Gasteiger partial charge in [-0.15, -0.1) is 34.2 Å². The Kier molecular flexibility index (Phi) is 9.59. The molecule has 0 saturated carbocycles. The molecule has 8 heteroatoms. The van der Waals surface area contributed by atoms with Gasteiger partial charge in [-0.3, -0.25) is 0 Å². The summed E-state index contributed by atoms with van der Waals surface area (Å²) < 4.78 is 7.18. The Balaban J connectivity index is 0.00000320. The first-order chi connectivity index (χ1) is 14.2. The van der Waals surface area contributed by atoms with E-state index < -0.39 is 0 Å². The molecule has 0 saturated heterocycles. The molecule has 0 spiro atoms. The Labute approximate surface area is 195 Å². The molecule has 0 amide bonds. The Hall–Kier alpha value is -2.62. The molecule has 3 aromatic rings. The van der Waals surface area contributed by atoms with Gasteiger partial charge in [-0.25, -0.2) is 4.99 Å². The summed E-state index contributed by atoms with van der Waals surface area (Å²) in [5.41, 5.74) is 2.41. The Morgan fingerprint density at radius 1 is 1.00 bits per heavy atom. The first-order valence-corrected chi connectivity index (χ1v) is 9.69. The number of aromatic nitrogens is 3. The number of nitrogens with zero attached hydrogens (tertiary/aromatic N) is 4. The molecule has 0 aliphatic heterocycles. The minimum absolute atomic E-state index is 0. The highest BCUT2D eigenvalue weighted by Gasteiger charge is 2.06. The van der Waals surface area contributed by atoms with Gasteiger partial charge in [-0.05, 0) is 36.6 Å². The summed E-state index contributed by atoms with van der Waals surface area (Å²) in [5, 5.41) is 15.1. The number of halogens is 1. The maximum atomic E-state index is 5.21. The first kappa shape index (κ1) is 23.7. The first-order valence-electron chi connectivity index (χ1n) is 9.69. The zero-order chi connectivity index (χ0) is 20.5. The lowest BCUT2D eigenvalue weighted by atomic mass is 10.1. The second kappa shape index (κ2) is 12.2. The van der Waals surface area contributed by atoms with Crippen LogP contribution in [0.4, 0.5) is 0 Å². The van der Waals surface area contributed by atoms with Crippen LogP contribution in [0, 0.1) is 6.92 Å². The van der Waals surface area contributed by atoms with E-state index in [1.165, 1.54) is 11.1 Å². The van der Waals surface area contributed by atoms with Crippen molar-refractivity contribution in [3.63, 3.8) is 0 Å². The number of aliphatic imine (C=N–C) groups is 1. The molecule has 1 heterocycles. The van der Waals surface area contributed by atoms with Crippen molar-refractivity contribution < 1.29 is 4.74 Å². The van der Waals surface area contributed by atoms with Crippen LogP contribution >= 0.6 is 24.0 Å². The third-order valence-electron chi connectivity index (χ3n) is 4.72. The third-order valence-corrected chi connectivity index (χ3v) is 4.72. The normalized spacial score (nSPS) is 11.0. The molecule has 1 aromatic heterocycles. The van der Waals surface area contributed by atoms with E-state index in [1.807, 2.05) is 48.9 Å². The molecule has 3 rings (SSSR count). The monoisotopic (exact) mass is 520 g/mol. The van der Waals surface area contributed by atoms with Gasteiger partial charge in [0.05, 0.1) is 20.2 Å². The van der Waals surface area contributed by atoms with Crippen molar-refractivity contribution >= 4 is 29.9 Å². The minimum atomic E-state index is 0. The molecular formula is C22H29IN6O. The van der Waals surface area contributed by atoms with Crippen LogP contribution in [-0.4, -0.2) is 34.4 Å². The van der Waals surface area contributed by atoms with Gasteiger partial charge >= 0.3 is 0 Å². The average Bonchev–Trinajstić information content (AvgIpc) is 3.08. The molecule has 2 aromatic carbocycles. The van der Waals surface area contributed by atoms with Crippen LogP contribution in [-0.2, 0) is 26.6 Å². The molecule has 0 atom stereocenters. The van der Waals surface area contributed by atoms with Crippen LogP contribution in [0.15, 0.2) is 59.6 Å². The number of hydrogen-bond donors (Lipinski definition) is 2. The van der Waals surface area contributed by atoms with Crippen LogP contribution in [0.25, 0.3) is 0 Å². The zero-order valence-corrected chi connectivity index (χ0v) is 20.0. The van der Waals surface area contributed by atoms with E-state index in [0.717, 1.165) is 36.3 Å². The van der Waals surface area contributed by atoms with Crippen LogP contribution < -0.4 is 15.4 Å². The molecule has 0 bridgehead atoms. The van der Waals surface area contributed by atoms with Crippen molar-refractivity contribution in [1.82, 2.24) is 25.4 Å². The van der Waals surface area contributed by atoms with Gasteiger partial charge in [-0.2, -0.15) is 0 Å². The predicted molar refractivity (Wildman–Crippen MR) is 130 cm³/mol. The van der Waals surface area contributed by atoms with Gasteiger partial charge in [0.2, 0.25) is 0 Å². The lowest BCUT2D eigenvalue weighted by Gasteiger charge is -2.13. The number of hydrogen-bond acceptors (Lipinski definition) is 4. The van der Waals surface area contributed by atoms with E-state index in [1.54, 1.807) is 7.11 Å². The van der Waals surface area contributed by atoms with Crippen molar-refractivity contribution in [3.8, 4) is 5.75 Å². The van der Waals surface area contributed by atoms with Crippen LogP contribution in [0.3, 0.4) is 0 Å². The number of nitrogens with one attached hydrogen (secondary N) is 2. The number of aryl methyl sites for hydroxylation is 1. The number of ether oxygens (including phenoxy) is 1. The van der Waals surface area contributed by atoms with Crippen LogP contribution in [0.2, 0.25) is 0 Å². The molecule has 0 unspecified atom stereocenters. The van der Waals surface area contributed by atoms with E-state index in [4.69, 9.17) is 9.73 Å². The summed E-state index contributed by atoms with van der Waals surface area (Å²) in [4.78, 5) is 4.72. The molecule has 0 radical (unpaired) electrons. The second-order valence-electron chi connectivity index (χ2n) is 6.75. The van der Waals surface area contributed by atoms with E-state index >= 15 is 0 Å². The predicted octanol–water partition coefficient (Wildman–Crippen LogP) is 3.23. The largest absolute Gasteiger partial charge is 0.497 e. The summed E-state index contributed by atoms with van der Waals surface area (Å²) in [6.07, 6.45) is 0.888. The molecule has 30 heavy (non-hydrogen) atoms. The minimum Gasteiger partial charge on any atom is -0.497 e. The number of rotatable bonds is 8. The van der Waals surface area contributed by atoms with Gasteiger partial charge < -0.3 is 19.9 Å². The summed E-state index contributed by atoms with van der Waals surface area (Å²) in [5.74, 6) is 3.37. The van der Waals surface area contributed by atoms with E-state index in [9.17, 15) is 0 Å². The fourth-order valence-corrected chi connectivity index (χ4v) is 2.81. The van der Waals surface area contributed by atoms with Crippen LogP contribution in [0.5, 0.6) is 5.75 Å². The Bertz CT molecular complexity index is 925. The fraction of sp³-hybridized carbons (Fsp3) is 0.318. The zero-order valence-electron chi connectivity index (χ0n) is 17.6. The Morgan fingerprint density at radius 2 is 1.73 bits per heavy atom. The third kappa shape index (κ3) is 7.01. The second-order valence-corrected chi connectivity index (χ2v) is 6.75. The van der Waals surface area contributed by atoms with Crippen molar-refractivity contribution in [2.45, 2.75) is 26.4 Å². The topological polar surface area (TPSA) is 76.4 Å². The van der Waals surface area contributed by atoms with Crippen molar-refractivity contribution in [3.05, 3.63) is 77.4 Å². The van der Waals surface area contributed by atoms with Crippen molar-refractivity contribution in [1.29, 1.82) is 0 Å². The summed E-state index contributed by atoms with van der Waals surface area (Å²) >= 11 is 0. The average molecular weight is 520 g/mol. The van der Waals surface area contributed by atoms with E-state index in [0.29, 0.717) is 13.1 Å². The number of methoxy groups -OCH3 is 1. The van der Waals surface area contributed by atoms with Gasteiger partial charge in [0.25, 0.3) is 0 Å².